The highest BCUT2D eigenvalue weighted by atomic mass is 16.6. The molecule has 0 fully saturated rings. The van der Waals surface area contributed by atoms with E-state index in [9.17, 15) is 14.7 Å². The molecule has 0 aromatic carbocycles. The van der Waals surface area contributed by atoms with Gasteiger partial charge in [0.25, 0.3) is 0 Å². The fourth-order valence-electron chi connectivity index (χ4n) is 6.47. The summed E-state index contributed by atoms with van der Waals surface area (Å²) in [5.74, 6) is -0.606. The normalized spacial score (nSPS) is 12.7. The first kappa shape index (κ1) is 52.6. The number of allylic oxidation sites excluding steroid dienone is 10. The van der Waals surface area contributed by atoms with Crippen LogP contribution in [0, 0.1) is 0 Å². The van der Waals surface area contributed by atoms with Crippen LogP contribution >= 0.6 is 0 Å². The van der Waals surface area contributed by atoms with E-state index in [-0.39, 0.29) is 25.2 Å². The van der Waals surface area contributed by atoms with Crippen molar-refractivity contribution in [1.82, 2.24) is 0 Å². The maximum Gasteiger partial charge on any atom is 0.306 e. The molecule has 318 valence electrons. The van der Waals surface area contributed by atoms with Crippen LogP contribution in [0.3, 0.4) is 0 Å². The molecule has 0 heterocycles. The van der Waals surface area contributed by atoms with Gasteiger partial charge in [-0.2, -0.15) is 0 Å². The summed E-state index contributed by atoms with van der Waals surface area (Å²) in [6, 6.07) is 0. The minimum Gasteiger partial charge on any atom is -0.462 e. The smallest absolute Gasteiger partial charge is 0.306 e. The molecule has 0 aliphatic heterocycles. The van der Waals surface area contributed by atoms with E-state index in [1.54, 1.807) is 0 Å². The second-order valence-corrected chi connectivity index (χ2v) is 15.5. The molecule has 55 heavy (non-hydrogen) atoms. The Morgan fingerprint density at radius 3 is 1.11 bits per heavy atom. The van der Waals surface area contributed by atoms with E-state index in [1.807, 2.05) is 0 Å². The summed E-state index contributed by atoms with van der Waals surface area (Å²) < 4.78 is 10.6. The molecule has 0 aliphatic rings. The Hall–Kier alpha value is -2.40. The molecule has 0 radical (unpaired) electrons. The molecule has 0 aromatic heterocycles. The van der Waals surface area contributed by atoms with E-state index >= 15 is 0 Å². The second kappa shape index (κ2) is 46.0. The van der Waals surface area contributed by atoms with Crippen molar-refractivity contribution in [3.63, 3.8) is 0 Å². The molecule has 0 amide bonds. The first-order chi connectivity index (χ1) is 27.1. The zero-order valence-corrected chi connectivity index (χ0v) is 36.2. The Labute approximate surface area is 341 Å². The van der Waals surface area contributed by atoms with Gasteiger partial charge in [-0.1, -0.05) is 190 Å². The maximum absolute atomic E-state index is 12.2. The van der Waals surface area contributed by atoms with Crippen molar-refractivity contribution >= 4 is 11.9 Å². The number of rotatable bonds is 42. The van der Waals surface area contributed by atoms with Crippen LogP contribution in [0.2, 0.25) is 0 Å². The summed E-state index contributed by atoms with van der Waals surface area (Å²) in [7, 11) is 0. The molecule has 0 aliphatic carbocycles. The Kier molecular flexibility index (Phi) is 44.0. The Bertz CT molecular complexity index is 961. The molecule has 0 aromatic rings. The molecule has 0 saturated carbocycles. The zero-order valence-electron chi connectivity index (χ0n) is 36.2. The second-order valence-electron chi connectivity index (χ2n) is 15.5. The number of aliphatic hydroxyl groups excluding tert-OH is 1. The average molecular weight is 769 g/mol. The largest absolute Gasteiger partial charge is 0.462 e. The number of carbonyl (C=O) groups is 2. The number of ether oxygens (including phenoxy) is 2. The molecular weight excluding hydrogens is 681 g/mol. The first-order valence-electron chi connectivity index (χ1n) is 23.3. The quantitative estimate of drug-likeness (QED) is 0.0380. The van der Waals surface area contributed by atoms with Crippen molar-refractivity contribution < 1.29 is 24.2 Å². The topological polar surface area (TPSA) is 72.8 Å². The predicted octanol–water partition coefficient (Wildman–Crippen LogP) is 15.1. The van der Waals surface area contributed by atoms with Crippen LogP contribution in [-0.4, -0.2) is 36.4 Å². The van der Waals surface area contributed by atoms with Gasteiger partial charge in [0.15, 0.2) is 6.10 Å². The summed E-state index contributed by atoms with van der Waals surface area (Å²) in [4.78, 5) is 24.4. The molecule has 0 spiro atoms. The van der Waals surface area contributed by atoms with E-state index in [2.05, 4.69) is 74.6 Å². The monoisotopic (exact) mass is 769 g/mol. The number of unbranched alkanes of at least 4 members (excludes halogenated alkanes) is 24. The van der Waals surface area contributed by atoms with Gasteiger partial charge in [-0.15, -0.1) is 0 Å². The fourth-order valence-corrected chi connectivity index (χ4v) is 6.47. The molecule has 0 rings (SSSR count). The van der Waals surface area contributed by atoms with Crippen LogP contribution < -0.4 is 0 Å². The lowest BCUT2D eigenvalue weighted by atomic mass is 10.1. The molecule has 5 heteroatoms. The number of aliphatic hydroxyl groups is 1. The Balaban J connectivity index is 3.57. The average Bonchev–Trinajstić information content (AvgIpc) is 3.19. The lowest BCUT2D eigenvalue weighted by Crippen LogP contribution is -2.28. The number of carbonyl (C=O) groups excluding carboxylic acids is 2. The summed E-state index contributed by atoms with van der Waals surface area (Å²) in [5.41, 5.74) is 0. The highest BCUT2D eigenvalue weighted by Crippen LogP contribution is 2.13. The SMILES string of the molecule is CCCCCC/C=C\C/C=C\CCCCCCCCCC(=O)OCC(CO)OC(=O)CCCCCCCCCC/C=C\C/C=C\C/C=C\CCCCCCC. The predicted molar refractivity (Wildman–Crippen MR) is 237 cm³/mol. The maximum atomic E-state index is 12.2. The third kappa shape index (κ3) is 44.2. The molecule has 5 nitrogen and oxygen atoms in total. The van der Waals surface area contributed by atoms with Crippen LogP contribution in [0.25, 0.3) is 0 Å². The van der Waals surface area contributed by atoms with Gasteiger partial charge >= 0.3 is 11.9 Å². The van der Waals surface area contributed by atoms with Gasteiger partial charge in [-0.05, 0) is 83.5 Å². The van der Waals surface area contributed by atoms with Gasteiger partial charge in [-0.3, -0.25) is 9.59 Å². The molecule has 0 saturated heterocycles. The summed E-state index contributed by atoms with van der Waals surface area (Å²) in [5, 5.41) is 9.60. The van der Waals surface area contributed by atoms with E-state index in [0.29, 0.717) is 12.8 Å². The Morgan fingerprint density at radius 1 is 0.418 bits per heavy atom. The number of hydrogen-bond donors (Lipinski definition) is 1. The Morgan fingerprint density at radius 2 is 0.727 bits per heavy atom. The van der Waals surface area contributed by atoms with E-state index < -0.39 is 6.10 Å². The van der Waals surface area contributed by atoms with Crippen LogP contribution in [-0.2, 0) is 19.1 Å². The minimum atomic E-state index is -0.781. The van der Waals surface area contributed by atoms with Gasteiger partial charge in [0.05, 0.1) is 6.61 Å². The summed E-state index contributed by atoms with van der Waals surface area (Å²) >= 11 is 0. The van der Waals surface area contributed by atoms with Gasteiger partial charge in [0.1, 0.15) is 6.61 Å². The molecule has 1 N–H and O–H groups in total. The van der Waals surface area contributed by atoms with Crippen molar-refractivity contribution in [1.29, 1.82) is 0 Å². The third-order valence-corrected chi connectivity index (χ3v) is 10.0. The van der Waals surface area contributed by atoms with Crippen LogP contribution in [0.5, 0.6) is 0 Å². The van der Waals surface area contributed by atoms with Crippen molar-refractivity contribution in [3.8, 4) is 0 Å². The molecule has 0 bridgehead atoms. The highest BCUT2D eigenvalue weighted by Gasteiger charge is 2.16. The minimum absolute atomic E-state index is 0.0745. The van der Waals surface area contributed by atoms with Gasteiger partial charge in [0, 0.05) is 12.8 Å². The first-order valence-corrected chi connectivity index (χ1v) is 23.3. The zero-order chi connectivity index (χ0) is 40.0. The highest BCUT2D eigenvalue weighted by molar-refractivity contribution is 5.70. The fraction of sp³-hybridized carbons (Fsp3) is 0.760. The van der Waals surface area contributed by atoms with E-state index in [4.69, 9.17) is 9.47 Å². The third-order valence-electron chi connectivity index (χ3n) is 10.0. The van der Waals surface area contributed by atoms with Crippen LogP contribution in [0.15, 0.2) is 60.8 Å². The van der Waals surface area contributed by atoms with Crippen LogP contribution in [0.4, 0.5) is 0 Å². The van der Waals surface area contributed by atoms with Crippen molar-refractivity contribution in [2.24, 2.45) is 0 Å². The summed E-state index contributed by atoms with van der Waals surface area (Å²) in [6.07, 6.45) is 60.0. The van der Waals surface area contributed by atoms with Crippen molar-refractivity contribution in [3.05, 3.63) is 60.8 Å². The lowest BCUT2D eigenvalue weighted by Gasteiger charge is -2.15. The summed E-state index contributed by atoms with van der Waals surface area (Å²) in [6.45, 7) is 4.11. The van der Waals surface area contributed by atoms with Crippen molar-refractivity contribution in [2.45, 2.75) is 232 Å². The van der Waals surface area contributed by atoms with Crippen molar-refractivity contribution in [2.75, 3.05) is 13.2 Å². The van der Waals surface area contributed by atoms with Crippen LogP contribution in [0.1, 0.15) is 226 Å². The number of hydrogen-bond acceptors (Lipinski definition) is 5. The molecule has 1 atom stereocenters. The lowest BCUT2D eigenvalue weighted by molar-refractivity contribution is -0.161. The van der Waals surface area contributed by atoms with Gasteiger partial charge < -0.3 is 14.6 Å². The molecule has 1 unspecified atom stereocenters. The standard InChI is InChI=1S/C50H88O5/c1-3-5-7-9-11-13-15-17-19-21-23-24-25-26-27-29-31-33-35-37-39-41-43-45-50(53)55-48(46-51)47-54-49(52)44-42-40-38-36-34-32-30-28-22-20-18-16-14-12-10-8-6-4-2/h14-17,20-23,25-26,48,51H,3-13,18-19,24,27-47H2,1-2H3/b16-14-,17-15-,22-20-,23-21-,26-25-. The van der Waals surface area contributed by atoms with E-state index in [1.165, 1.54) is 135 Å². The van der Waals surface area contributed by atoms with E-state index in [0.717, 1.165) is 64.2 Å². The van der Waals surface area contributed by atoms with Gasteiger partial charge in [-0.25, -0.2) is 0 Å². The number of esters is 2. The molecular formula is C50H88O5. The van der Waals surface area contributed by atoms with Gasteiger partial charge in [0.2, 0.25) is 0 Å².